The van der Waals surface area contributed by atoms with Crippen LogP contribution in [0, 0.1) is 17.2 Å². The molecule has 0 aromatic rings. The lowest BCUT2D eigenvalue weighted by Gasteiger charge is -1.95. The van der Waals surface area contributed by atoms with Gasteiger partial charge in [0.1, 0.15) is 0 Å². The maximum Gasteiger partial charge on any atom is 0.0656 e. The highest BCUT2D eigenvalue weighted by molar-refractivity contribution is 5.85. The Labute approximate surface area is 61.4 Å². The molecule has 0 spiro atoms. The highest BCUT2D eigenvalue weighted by Gasteiger charge is 2.20. The van der Waals surface area contributed by atoms with Gasteiger partial charge in [0, 0.05) is 12.0 Å². The quantitative estimate of drug-likeness (QED) is 0.556. The molecule has 9 heavy (non-hydrogen) atoms. The first-order chi connectivity index (χ1) is 3.83. The minimum absolute atomic E-state index is 0. The highest BCUT2D eigenvalue weighted by atomic mass is 35.5. The van der Waals surface area contributed by atoms with Crippen molar-refractivity contribution in [2.45, 2.75) is 25.3 Å². The van der Waals surface area contributed by atoms with Crippen LogP contribution in [-0.4, -0.2) is 6.04 Å². The van der Waals surface area contributed by atoms with Crippen LogP contribution in [0.25, 0.3) is 0 Å². The molecule has 1 aliphatic carbocycles. The Morgan fingerprint density at radius 1 is 1.44 bits per heavy atom. The summed E-state index contributed by atoms with van der Waals surface area (Å²) in [5.74, 6) is 0.255. The lowest BCUT2D eigenvalue weighted by Crippen LogP contribution is -2.14. The predicted molar refractivity (Wildman–Crippen MR) is 38.2 cm³/mol. The standard InChI is InChI=1S/C6H10N2.ClH/c7-4-5-1-2-6(8)3-5;/h5-6H,1-3,8H2;1H/t5-,6+;/m0./s1. The molecular formula is C6H11ClN2. The van der Waals surface area contributed by atoms with E-state index in [0.29, 0.717) is 6.04 Å². The van der Waals surface area contributed by atoms with Gasteiger partial charge in [-0.05, 0) is 19.3 Å². The molecule has 2 nitrogen and oxygen atoms in total. The van der Waals surface area contributed by atoms with Crippen LogP contribution in [0.2, 0.25) is 0 Å². The molecular weight excluding hydrogens is 136 g/mol. The fourth-order valence-corrected chi connectivity index (χ4v) is 1.13. The Morgan fingerprint density at radius 2 is 2.11 bits per heavy atom. The first-order valence-corrected chi connectivity index (χ1v) is 2.98. The Hall–Kier alpha value is -0.260. The summed E-state index contributed by atoms with van der Waals surface area (Å²) in [6.45, 7) is 0. The highest BCUT2D eigenvalue weighted by Crippen LogP contribution is 2.22. The predicted octanol–water partition coefficient (Wildman–Crippen LogP) is 1.06. The summed E-state index contributed by atoms with van der Waals surface area (Å²) in [5.41, 5.74) is 5.55. The molecule has 1 aliphatic rings. The number of nitrogens with zero attached hydrogens (tertiary/aromatic N) is 1. The SMILES string of the molecule is Cl.N#C[C@H]1CC[C@@H](N)C1. The second kappa shape index (κ2) is 3.71. The third-order valence-corrected chi connectivity index (χ3v) is 1.66. The van der Waals surface area contributed by atoms with E-state index in [9.17, 15) is 0 Å². The topological polar surface area (TPSA) is 49.8 Å². The monoisotopic (exact) mass is 146 g/mol. The van der Waals surface area contributed by atoms with Gasteiger partial charge in [0.25, 0.3) is 0 Å². The number of nitriles is 1. The van der Waals surface area contributed by atoms with Crippen molar-refractivity contribution >= 4 is 12.4 Å². The van der Waals surface area contributed by atoms with E-state index in [1.165, 1.54) is 0 Å². The van der Waals surface area contributed by atoms with Gasteiger partial charge < -0.3 is 5.73 Å². The second-order valence-corrected chi connectivity index (χ2v) is 2.40. The summed E-state index contributed by atoms with van der Waals surface area (Å²) >= 11 is 0. The van der Waals surface area contributed by atoms with E-state index in [-0.39, 0.29) is 18.3 Å². The molecule has 2 atom stereocenters. The molecule has 0 amide bonds. The number of halogens is 1. The van der Waals surface area contributed by atoms with Gasteiger partial charge in [-0.1, -0.05) is 0 Å². The zero-order valence-corrected chi connectivity index (χ0v) is 6.03. The van der Waals surface area contributed by atoms with Crippen LogP contribution in [0.5, 0.6) is 0 Å². The van der Waals surface area contributed by atoms with Crippen molar-refractivity contribution in [2.24, 2.45) is 11.7 Å². The van der Waals surface area contributed by atoms with E-state index in [1.807, 2.05) is 0 Å². The smallest absolute Gasteiger partial charge is 0.0656 e. The van der Waals surface area contributed by atoms with Crippen LogP contribution in [0.1, 0.15) is 19.3 Å². The zero-order valence-electron chi connectivity index (χ0n) is 5.21. The van der Waals surface area contributed by atoms with Crippen LogP contribution in [0.15, 0.2) is 0 Å². The summed E-state index contributed by atoms with van der Waals surface area (Å²) in [7, 11) is 0. The summed E-state index contributed by atoms with van der Waals surface area (Å²) < 4.78 is 0. The number of rotatable bonds is 0. The average molecular weight is 147 g/mol. The lowest BCUT2D eigenvalue weighted by molar-refractivity contribution is 0.662. The number of hydrogen-bond donors (Lipinski definition) is 1. The van der Waals surface area contributed by atoms with Gasteiger partial charge in [-0.2, -0.15) is 5.26 Å². The van der Waals surface area contributed by atoms with Gasteiger partial charge in [-0.25, -0.2) is 0 Å². The fraction of sp³-hybridized carbons (Fsp3) is 0.833. The second-order valence-electron chi connectivity index (χ2n) is 2.40. The fourth-order valence-electron chi connectivity index (χ4n) is 1.13. The van der Waals surface area contributed by atoms with E-state index < -0.39 is 0 Å². The molecule has 2 N–H and O–H groups in total. The number of hydrogen-bond acceptors (Lipinski definition) is 2. The Morgan fingerprint density at radius 3 is 2.33 bits per heavy atom. The molecule has 0 bridgehead atoms. The zero-order chi connectivity index (χ0) is 5.98. The molecule has 3 heteroatoms. The maximum atomic E-state index is 8.38. The van der Waals surface area contributed by atoms with E-state index in [1.54, 1.807) is 0 Å². The maximum absolute atomic E-state index is 8.38. The molecule has 0 radical (unpaired) electrons. The summed E-state index contributed by atoms with van der Waals surface area (Å²) in [6, 6.07) is 2.52. The Kier molecular flexibility index (Phi) is 3.60. The molecule has 1 saturated carbocycles. The molecule has 52 valence electrons. The molecule has 0 unspecified atom stereocenters. The van der Waals surface area contributed by atoms with Crippen molar-refractivity contribution < 1.29 is 0 Å². The van der Waals surface area contributed by atoms with Gasteiger partial charge in [0.2, 0.25) is 0 Å². The molecule has 1 rings (SSSR count). The Balaban J connectivity index is 0.000000640. The van der Waals surface area contributed by atoms with E-state index in [4.69, 9.17) is 11.0 Å². The normalized spacial score (nSPS) is 32.9. The third kappa shape index (κ3) is 2.21. The Bertz CT molecular complexity index is 119. The van der Waals surface area contributed by atoms with E-state index in [2.05, 4.69) is 6.07 Å². The van der Waals surface area contributed by atoms with Gasteiger partial charge in [-0.15, -0.1) is 12.4 Å². The van der Waals surface area contributed by atoms with Crippen molar-refractivity contribution in [1.82, 2.24) is 0 Å². The van der Waals surface area contributed by atoms with Crippen molar-refractivity contribution in [3.63, 3.8) is 0 Å². The van der Waals surface area contributed by atoms with Crippen molar-refractivity contribution in [3.8, 4) is 6.07 Å². The van der Waals surface area contributed by atoms with Crippen LogP contribution in [0.4, 0.5) is 0 Å². The van der Waals surface area contributed by atoms with Crippen molar-refractivity contribution in [3.05, 3.63) is 0 Å². The number of nitrogens with two attached hydrogens (primary N) is 1. The van der Waals surface area contributed by atoms with Gasteiger partial charge in [0.15, 0.2) is 0 Å². The minimum Gasteiger partial charge on any atom is -0.328 e. The van der Waals surface area contributed by atoms with Crippen molar-refractivity contribution in [1.29, 1.82) is 5.26 Å². The molecule has 0 saturated heterocycles. The molecule has 1 fully saturated rings. The first kappa shape index (κ1) is 8.74. The van der Waals surface area contributed by atoms with Crippen LogP contribution in [0.3, 0.4) is 0 Å². The molecule has 0 aliphatic heterocycles. The van der Waals surface area contributed by atoms with Crippen molar-refractivity contribution in [2.75, 3.05) is 0 Å². The summed E-state index contributed by atoms with van der Waals surface area (Å²) in [6.07, 6.45) is 2.96. The van der Waals surface area contributed by atoms with Crippen LogP contribution >= 0.6 is 12.4 Å². The van der Waals surface area contributed by atoms with Gasteiger partial charge in [-0.3, -0.25) is 0 Å². The van der Waals surface area contributed by atoms with Gasteiger partial charge >= 0.3 is 0 Å². The van der Waals surface area contributed by atoms with Crippen LogP contribution < -0.4 is 5.73 Å². The summed E-state index contributed by atoms with van der Waals surface area (Å²) in [5, 5.41) is 8.38. The third-order valence-electron chi connectivity index (χ3n) is 1.66. The summed E-state index contributed by atoms with van der Waals surface area (Å²) in [4.78, 5) is 0. The van der Waals surface area contributed by atoms with E-state index >= 15 is 0 Å². The first-order valence-electron chi connectivity index (χ1n) is 2.98. The van der Waals surface area contributed by atoms with Gasteiger partial charge in [0.05, 0.1) is 6.07 Å². The molecule has 0 aromatic carbocycles. The van der Waals surface area contributed by atoms with Crippen LogP contribution in [-0.2, 0) is 0 Å². The minimum atomic E-state index is 0. The van der Waals surface area contributed by atoms with E-state index in [0.717, 1.165) is 19.3 Å². The lowest BCUT2D eigenvalue weighted by atomic mass is 10.1. The largest absolute Gasteiger partial charge is 0.328 e. The molecule has 0 aromatic heterocycles. The average Bonchev–Trinajstić information content (AvgIpc) is 2.14. The molecule has 0 heterocycles.